The molecule has 8 heteroatoms. The number of nitrogens with one attached hydrogen (secondary N) is 1. The zero-order valence-electron chi connectivity index (χ0n) is 18.7. The van der Waals surface area contributed by atoms with Crippen LogP contribution in [0, 0.1) is 0 Å². The summed E-state index contributed by atoms with van der Waals surface area (Å²) in [4.78, 5) is 24.9. The van der Waals surface area contributed by atoms with Crippen LogP contribution in [0.2, 0.25) is 5.02 Å². The van der Waals surface area contributed by atoms with Crippen LogP contribution in [0.15, 0.2) is 90.0 Å². The molecule has 0 bridgehead atoms. The van der Waals surface area contributed by atoms with E-state index in [4.69, 9.17) is 25.8 Å². The Morgan fingerprint density at radius 1 is 0.914 bits per heavy atom. The van der Waals surface area contributed by atoms with Crippen molar-refractivity contribution in [3.63, 3.8) is 0 Å². The maximum atomic E-state index is 12.7. The van der Waals surface area contributed by atoms with E-state index in [9.17, 15) is 9.59 Å². The SMILES string of the molecule is COc1ccc(C(=O)Oc2ccc3ccccc3c2C=NNC(=O)COc2ccc(Cl)cc2)cc1. The molecule has 0 heterocycles. The minimum atomic E-state index is -0.530. The zero-order valence-corrected chi connectivity index (χ0v) is 19.5. The van der Waals surface area contributed by atoms with E-state index in [1.54, 1.807) is 61.7 Å². The molecule has 0 saturated carbocycles. The van der Waals surface area contributed by atoms with Crippen LogP contribution in [0.5, 0.6) is 17.2 Å². The number of amides is 1. The van der Waals surface area contributed by atoms with Crippen LogP contribution in [0.1, 0.15) is 15.9 Å². The zero-order chi connectivity index (χ0) is 24.6. The van der Waals surface area contributed by atoms with Gasteiger partial charge in [0, 0.05) is 10.6 Å². The maximum Gasteiger partial charge on any atom is 0.343 e. The lowest BCUT2D eigenvalue weighted by Crippen LogP contribution is -2.24. The lowest BCUT2D eigenvalue weighted by molar-refractivity contribution is -0.123. The number of hydrogen-bond donors (Lipinski definition) is 1. The monoisotopic (exact) mass is 488 g/mol. The lowest BCUT2D eigenvalue weighted by Gasteiger charge is -2.11. The third-order valence-corrected chi connectivity index (χ3v) is 5.28. The van der Waals surface area contributed by atoms with E-state index in [2.05, 4.69) is 10.5 Å². The molecule has 0 fully saturated rings. The molecule has 4 aromatic rings. The van der Waals surface area contributed by atoms with E-state index in [0.717, 1.165) is 10.8 Å². The molecule has 176 valence electrons. The number of fused-ring (bicyclic) bond motifs is 1. The minimum absolute atomic E-state index is 0.228. The highest BCUT2D eigenvalue weighted by Crippen LogP contribution is 2.27. The van der Waals surface area contributed by atoms with Crippen LogP contribution in [0.4, 0.5) is 0 Å². The second-order valence-electron chi connectivity index (χ2n) is 7.35. The van der Waals surface area contributed by atoms with Gasteiger partial charge < -0.3 is 14.2 Å². The van der Waals surface area contributed by atoms with E-state index >= 15 is 0 Å². The van der Waals surface area contributed by atoms with E-state index in [0.29, 0.717) is 33.4 Å². The van der Waals surface area contributed by atoms with Crippen molar-refractivity contribution in [3.8, 4) is 17.2 Å². The summed E-state index contributed by atoms with van der Waals surface area (Å²) in [5.41, 5.74) is 3.34. The third-order valence-electron chi connectivity index (χ3n) is 5.03. The molecule has 4 rings (SSSR count). The van der Waals surface area contributed by atoms with Gasteiger partial charge in [-0.05, 0) is 65.4 Å². The van der Waals surface area contributed by atoms with Crippen molar-refractivity contribution in [2.45, 2.75) is 0 Å². The molecule has 0 aliphatic heterocycles. The molecule has 0 aliphatic carbocycles. The number of hydrazone groups is 1. The first kappa shape index (κ1) is 23.8. The summed E-state index contributed by atoms with van der Waals surface area (Å²) in [6, 6.07) is 24.4. The van der Waals surface area contributed by atoms with Crippen LogP contribution in [-0.2, 0) is 4.79 Å². The van der Waals surface area contributed by atoms with Gasteiger partial charge in [-0.2, -0.15) is 5.10 Å². The molecule has 0 unspecified atom stereocenters. The van der Waals surface area contributed by atoms with Crippen LogP contribution in [-0.4, -0.2) is 31.8 Å². The second-order valence-corrected chi connectivity index (χ2v) is 7.79. The molecule has 0 atom stereocenters. The topological polar surface area (TPSA) is 86.2 Å². The number of halogens is 1. The lowest BCUT2D eigenvalue weighted by atomic mass is 10.0. The summed E-state index contributed by atoms with van der Waals surface area (Å²) in [6.45, 7) is -0.228. The Bertz CT molecular complexity index is 1370. The van der Waals surface area contributed by atoms with Crippen molar-refractivity contribution in [1.29, 1.82) is 0 Å². The first-order valence-corrected chi connectivity index (χ1v) is 11.0. The molecule has 7 nitrogen and oxygen atoms in total. The van der Waals surface area contributed by atoms with Gasteiger partial charge in [0.15, 0.2) is 6.61 Å². The maximum absolute atomic E-state index is 12.7. The van der Waals surface area contributed by atoms with Gasteiger partial charge in [0.2, 0.25) is 0 Å². The summed E-state index contributed by atoms with van der Waals surface area (Å²) < 4.78 is 16.2. The van der Waals surface area contributed by atoms with Gasteiger partial charge in [-0.1, -0.05) is 41.9 Å². The predicted octanol–water partition coefficient (Wildman–Crippen LogP) is 5.25. The minimum Gasteiger partial charge on any atom is -0.497 e. The van der Waals surface area contributed by atoms with E-state index < -0.39 is 11.9 Å². The fourth-order valence-corrected chi connectivity index (χ4v) is 3.39. The average molecular weight is 489 g/mol. The largest absolute Gasteiger partial charge is 0.497 e. The van der Waals surface area contributed by atoms with Crippen LogP contribution in [0.25, 0.3) is 10.8 Å². The number of hydrogen-bond acceptors (Lipinski definition) is 6. The Hall–Kier alpha value is -4.36. The highest BCUT2D eigenvalue weighted by atomic mass is 35.5. The Morgan fingerprint density at radius 2 is 1.63 bits per heavy atom. The third kappa shape index (κ3) is 6.16. The Kier molecular flexibility index (Phi) is 7.60. The second kappa shape index (κ2) is 11.2. The molecule has 0 radical (unpaired) electrons. The van der Waals surface area contributed by atoms with Gasteiger partial charge in [-0.25, -0.2) is 10.2 Å². The quantitative estimate of drug-likeness (QED) is 0.158. The number of carbonyl (C=O) groups excluding carboxylic acids is 2. The molecule has 4 aromatic carbocycles. The number of benzene rings is 4. The predicted molar refractivity (Wildman–Crippen MR) is 135 cm³/mol. The highest BCUT2D eigenvalue weighted by molar-refractivity contribution is 6.30. The smallest absolute Gasteiger partial charge is 0.343 e. The summed E-state index contributed by atoms with van der Waals surface area (Å²) in [6.07, 6.45) is 1.44. The standard InChI is InChI=1S/C27H21ClN2O5/c1-33-21-11-6-19(7-12-21)27(32)35-25-15-8-18-4-2-3-5-23(18)24(25)16-29-30-26(31)17-34-22-13-9-20(28)10-14-22/h2-16H,17H2,1H3,(H,30,31). The number of rotatable bonds is 8. The molecule has 0 aliphatic rings. The fourth-order valence-electron chi connectivity index (χ4n) is 3.26. The molecule has 1 amide bonds. The first-order valence-electron chi connectivity index (χ1n) is 10.6. The van der Waals surface area contributed by atoms with Gasteiger partial charge in [0.1, 0.15) is 17.2 Å². The normalized spacial score (nSPS) is 10.8. The molecule has 0 aromatic heterocycles. The van der Waals surface area contributed by atoms with Gasteiger partial charge in [-0.3, -0.25) is 4.79 Å². The number of nitrogens with zero attached hydrogens (tertiary/aromatic N) is 1. The Morgan fingerprint density at radius 3 is 2.37 bits per heavy atom. The van der Waals surface area contributed by atoms with Crippen molar-refractivity contribution in [2.75, 3.05) is 13.7 Å². The number of ether oxygens (including phenoxy) is 3. The van der Waals surface area contributed by atoms with Crippen LogP contribution >= 0.6 is 11.6 Å². The van der Waals surface area contributed by atoms with Crippen molar-refractivity contribution >= 4 is 40.5 Å². The summed E-state index contributed by atoms with van der Waals surface area (Å²) in [7, 11) is 1.55. The van der Waals surface area contributed by atoms with Crippen molar-refractivity contribution in [1.82, 2.24) is 5.43 Å². The fraction of sp³-hybridized carbons (Fsp3) is 0.0741. The van der Waals surface area contributed by atoms with E-state index in [1.165, 1.54) is 6.21 Å². The number of esters is 1. The molecular formula is C27H21ClN2O5. The Balaban J connectivity index is 1.49. The molecular weight excluding hydrogens is 468 g/mol. The molecule has 0 spiro atoms. The average Bonchev–Trinajstić information content (AvgIpc) is 2.89. The van der Waals surface area contributed by atoms with Gasteiger partial charge in [-0.15, -0.1) is 0 Å². The molecule has 0 saturated heterocycles. The highest BCUT2D eigenvalue weighted by Gasteiger charge is 2.14. The van der Waals surface area contributed by atoms with Crippen LogP contribution < -0.4 is 19.6 Å². The van der Waals surface area contributed by atoms with Crippen molar-refractivity contribution < 1.29 is 23.8 Å². The summed E-state index contributed by atoms with van der Waals surface area (Å²) in [5, 5.41) is 6.36. The van der Waals surface area contributed by atoms with E-state index in [1.807, 2.05) is 30.3 Å². The summed E-state index contributed by atoms with van der Waals surface area (Å²) in [5.74, 6) is 0.470. The number of methoxy groups -OCH3 is 1. The van der Waals surface area contributed by atoms with E-state index in [-0.39, 0.29) is 6.61 Å². The first-order chi connectivity index (χ1) is 17.0. The van der Waals surface area contributed by atoms with Gasteiger partial charge in [0.25, 0.3) is 5.91 Å². The van der Waals surface area contributed by atoms with Crippen LogP contribution in [0.3, 0.4) is 0 Å². The molecule has 35 heavy (non-hydrogen) atoms. The molecule has 1 N–H and O–H groups in total. The van der Waals surface area contributed by atoms with Crippen molar-refractivity contribution in [3.05, 3.63) is 101 Å². The summed E-state index contributed by atoms with van der Waals surface area (Å²) >= 11 is 5.84. The number of carbonyl (C=O) groups is 2. The van der Waals surface area contributed by atoms with Gasteiger partial charge in [0.05, 0.1) is 18.9 Å². The Labute approximate surface area is 206 Å². The van der Waals surface area contributed by atoms with Crippen molar-refractivity contribution in [2.24, 2.45) is 5.10 Å². The van der Waals surface area contributed by atoms with Gasteiger partial charge >= 0.3 is 5.97 Å².